The van der Waals surface area contributed by atoms with Gasteiger partial charge in [0.05, 0.1) is 0 Å². The molecule has 0 aromatic carbocycles. The smallest absolute Gasteiger partial charge is 0.224 e. The van der Waals surface area contributed by atoms with Crippen molar-refractivity contribution in [2.24, 2.45) is 0 Å². The van der Waals surface area contributed by atoms with Crippen molar-refractivity contribution < 1.29 is 4.79 Å². The van der Waals surface area contributed by atoms with E-state index in [1.807, 2.05) is 21.8 Å². The Morgan fingerprint density at radius 3 is 3.05 bits per heavy atom. The quantitative estimate of drug-likeness (QED) is 0.825. The van der Waals surface area contributed by atoms with Crippen LogP contribution in [-0.4, -0.2) is 46.3 Å². The second-order valence-corrected chi connectivity index (χ2v) is 5.51. The average Bonchev–Trinajstić information content (AvgIpc) is 2.99. The minimum atomic E-state index is 0.245. The van der Waals surface area contributed by atoms with Gasteiger partial charge in [-0.05, 0) is 31.9 Å². The third-order valence-electron chi connectivity index (χ3n) is 3.81. The average molecular weight is 278 g/mol. The number of hydrogen-bond acceptors (Lipinski definition) is 3. The SMILES string of the molecule is CCCN(CC1CCCCN1)C(=O)CCn1cccn1. The monoisotopic (exact) mass is 278 g/mol. The maximum Gasteiger partial charge on any atom is 0.224 e. The van der Waals surface area contributed by atoms with Gasteiger partial charge in [0.1, 0.15) is 0 Å². The number of nitrogens with zero attached hydrogens (tertiary/aromatic N) is 3. The number of carbonyl (C=O) groups is 1. The van der Waals surface area contributed by atoms with Crippen LogP contribution in [-0.2, 0) is 11.3 Å². The molecule has 0 bridgehead atoms. The molecule has 1 unspecified atom stereocenters. The molecule has 1 aliphatic heterocycles. The summed E-state index contributed by atoms with van der Waals surface area (Å²) in [6.45, 7) is 5.60. The topological polar surface area (TPSA) is 50.2 Å². The fraction of sp³-hybridized carbons (Fsp3) is 0.733. The highest BCUT2D eigenvalue weighted by molar-refractivity contribution is 5.76. The normalized spacial score (nSPS) is 18.9. The molecule has 0 aliphatic carbocycles. The summed E-state index contributed by atoms with van der Waals surface area (Å²) >= 11 is 0. The summed E-state index contributed by atoms with van der Waals surface area (Å²) in [4.78, 5) is 14.4. The van der Waals surface area contributed by atoms with Crippen LogP contribution in [0.25, 0.3) is 0 Å². The summed E-state index contributed by atoms with van der Waals surface area (Å²) in [5.41, 5.74) is 0. The van der Waals surface area contributed by atoms with E-state index in [4.69, 9.17) is 0 Å². The van der Waals surface area contributed by atoms with Crippen molar-refractivity contribution in [2.75, 3.05) is 19.6 Å². The molecule has 0 radical (unpaired) electrons. The number of nitrogens with one attached hydrogen (secondary N) is 1. The van der Waals surface area contributed by atoms with Crippen LogP contribution in [0.5, 0.6) is 0 Å². The molecule has 1 aromatic rings. The van der Waals surface area contributed by atoms with Crippen LogP contribution in [0.15, 0.2) is 18.5 Å². The fourth-order valence-corrected chi connectivity index (χ4v) is 2.73. The molecule has 5 nitrogen and oxygen atoms in total. The van der Waals surface area contributed by atoms with Crippen LogP contribution in [0.1, 0.15) is 39.0 Å². The van der Waals surface area contributed by atoms with Gasteiger partial charge in [-0.15, -0.1) is 0 Å². The summed E-state index contributed by atoms with van der Waals surface area (Å²) in [6.07, 6.45) is 8.93. The van der Waals surface area contributed by atoms with E-state index in [0.29, 0.717) is 19.0 Å². The van der Waals surface area contributed by atoms with E-state index in [0.717, 1.165) is 26.1 Å². The zero-order valence-corrected chi connectivity index (χ0v) is 12.4. The lowest BCUT2D eigenvalue weighted by atomic mass is 10.0. The molecule has 1 N–H and O–H groups in total. The molecule has 0 saturated carbocycles. The maximum atomic E-state index is 12.4. The number of piperidine rings is 1. The molecular formula is C15H26N4O. The summed E-state index contributed by atoms with van der Waals surface area (Å²) in [5.74, 6) is 0.245. The van der Waals surface area contributed by atoms with Crippen molar-refractivity contribution in [3.8, 4) is 0 Å². The number of amides is 1. The van der Waals surface area contributed by atoms with E-state index in [9.17, 15) is 4.79 Å². The lowest BCUT2D eigenvalue weighted by Gasteiger charge is -2.30. The number of aromatic nitrogens is 2. The molecule has 2 rings (SSSR count). The zero-order chi connectivity index (χ0) is 14.2. The zero-order valence-electron chi connectivity index (χ0n) is 12.4. The first-order valence-corrected chi connectivity index (χ1v) is 7.78. The molecule has 5 heteroatoms. The minimum Gasteiger partial charge on any atom is -0.341 e. The molecule has 1 saturated heterocycles. The highest BCUT2D eigenvalue weighted by Gasteiger charge is 2.19. The van der Waals surface area contributed by atoms with Gasteiger partial charge in [-0.3, -0.25) is 9.48 Å². The first-order chi connectivity index (χ1) is 9.79. The number of hydrogen-bond donors (Lipinski definition) is 1. The Morgan fingerprint density at radius 1 is 1.50 bits per heavy atom. The summed E-state index contributed by atoms with van der Waals surface area (Å²) in [5, 5.41) is 7.66. The van der Waals surface area contributed by atoms with Gasteiger partial charge in [0.15, 0.2) is 0 Å². The Morgan fingerprint density at radius 2 is 2.40 bits per heavy atom. The maximum absolute atomic E-state index is 12.4. The Hall–Kier alpha value is -1.36. The number of aryl methyl sites for hydroxylation is 1. The summed E-state index contributed by atoms with van der Waals surface area (Å²) < 4.78 is 1.82. The van der Waals surface area contributed by atoms with Gasteiger partial charge in [0, 0.05) is 44.5 Å². The van der Waals surface area contributed by atoms with Gasteiger partial charge in [0.25, 0.3) is 0 Å². The summed E-state index contributed by atoms with van der Waals surface area (Å²) in [7, 11) is 0. The molecule has 2 heterocycles. The lowest BCUT2D eigenvalue weighted by Crippen LogP contribution is -2.46. The van der Waals surface area contributed by atoms with Gasteiger partial charge >= 0.3 is 0 Å². The van der Waals surface area contributed by atoms with Crippen molar-refractivity contribution in [3.63, 3.8) is 0 Å². The third-order valence-corrected chi connectivity index (χ3v) is 3.81. The molecule has 1 amide bonds. The Labute approximate surface area is 121 Å². The Bertz CT molecular complexity index is 385. The predicted octanol–water partition coefficient (Wildman–Crippen LogP) is 1.65. The van der Waals surface area contributed by atoms with Gasteiger partial charge in [0.2, 0.25) is 5.91 Å². The van der Waals surface area contributed by atoms with E-state index in [1.165, 1.54) is 19.3 Å². The van der Waals surface area contributed by atoms with Crippen LogP contribution >= 0.6 is 0 Å². The Balaban J connectivity index is 1.81. The van der Waals surface area contributed by atoms with Crippen LogP contribution in [0.2, 0.25) is 0 Å². The molecule has 1 aliphatic rings. The van der Waals surface area contributed by atoms with Crippen molar-refractivity contribution in [3.05, 3.63) is 18.5 Å². The van der Waals surface area contributed by atoms with E-state index < -0.39 is 0 Å². The first kappa shape index (κ1) is 15.0. The molecular weight excluding hydrogens is 252 g/mol. The second-order valence-electron chi connectivity index (χ2n) is 5.51. The van der Waals surface area contributed by atoms with Gasteiger partial charge in [-0.25, -0.2) is 0 Å². The van der Waals surface area contributed by atoms with Gasteiger partial charge in [-0.2, -0.15) is 5.10 Å². The van der Waals surface area contributed by atoms with Crippen LogP contribution in [0, 0.1) is 0 Å². The molecule has 1 atom stereocenters. The fourth-order valence-electron chi connectivity index (χ4n) is 2.73. The third kappa shape index (κ3) is 4.63. The molecule has 20 heavy (non-hydrogen) atoms. The number of rotatable bonds is 7. The van der Waals surface area contributed by atoms with E-state index in [-0.39, 0.29) is 5.91 Å². The van der Waals surface area contributed by atoms with Crippen LogP contribution in [0.4, 0.5) is 0 Å². The molecule has 112 valence electrons. The predicted molar refractivity (Wildman–Crippen MR) is 79.4 cm³/mol. The van der Waals surface area contributed by atoms with Crippen molar-refractivity contribution >= 4 is 5.91 Å². The van der Waals surface area contributed by atoms with Crippen LogP contribution < -0.4 is 5.32 Å². The van der Waals surface area contributed by atoms with Crippen molar-refractivity contribution in [1.82, 2.24) is 20.0 Å². The molecule has 0 spiro atoms. The lowest BCUT2D eigenvalue weighted by molar-refractivity contribution is -0.132. The van der Waals surface area contributed by atoms with Crippen molar-refractivity contribution in [2.45, 2.75) is 51.6 Å². The van der Waals surface area contributed by atoms with Gasteiger partial charge in [-0.1, -0.05) is 13.3 Å². The molecule has 1 fully saturated rings. The first-order valence-electron chi connectivity index (χ1n) is 7.78. The highest BCUT2D eigenvalue weighted by atomic mass is 16.2. The standard InChI is InChI=1S/C15H26N4O/c1-2-10-18(13-14-6-3-4-8-16-14)15(20)7-12-19-11-5-9-17-19/h5,9,11,14,16H,2-4,6-8,10,12-13H2,1H3. The minimum absolute atomic E-state index is 0.245. The largest absolute Gasteiger partial charge is 0.341 e. The summed E-state index contributed by atoms with van der Waals surface area (Å²) in [6, 6.07) is 2.37. The van der Waals surface area contributed by atoms with E-state index in [2.05, 4.69) is 17.3 Å². The molecule has 1 aromatic heterocycles. The van der Waals surface area contributed by atoms with Crippen LogP contribution in [0.3, 0.4) is 0 Å². The van der Waals surface area contributed by atoms with Crippen molar-refractivity contribution in [1.29, 1.82) is 0 Å². The van der Waals surface area contributed by atoms with E-state index >= 15 is 0 Å². The highest BCUT2D eigenvalue weighted by Crippen LogP contribution is 2.10. The van der Waals surface area contributed by atoms with Gasteiger partial charge < -0.3 is 10.2 Å². The van der Waals surface area contributed by atoms with E-state index in [1.54, 1.807) is 6.20 Å². The second kappa shape index (κ2) is 8.04. The Kier molecular flexibility index (Phi) is 6.05. The number of carbonyl (C=O) groups excluding carboxylic acids is 1.